The van der Waals surface area contributed by atoms with Crippen LogP contribution in [-0.4, -0.2) is 25.5 Å². The highest BCUT2D eigenvalue weighted by Crippen LogP contribution is 2.26. The van der Waals surface area contributed by atoms with Crippen LogP contribution in [0.1, 0.15) is 17.5 Å². The number of hydrogen-bond acceptors (Lipinski definition) is 2. The van der Waals surface area contributed by atoms with Crippen LogP contribution in [0.5, 0.6) is 0 Å². The predicted octanol–water partition coefficient (Wildman–Crippen LogP) is 4.10. The Bertz CT molecular complexity index is 733. The van der Waals surface area contributed by atoms with Crippen LogP contribution in [0, 0.1) is 0 Å². The summed E-state index contributed by atoms with van der Waals surface area (Å²) in [6, 6.07) is 13.6. The van der Waals surface area contributed by atoms with E-state index < -0.39 is 0 Å². The monoisotopic (exact) mass is 362 g/mol. The van der Waals surface area contributed by atoms with Gasteiger partial charge in [-0.25, -0.2) is 0 Å². The third-order valence-corrected chi connectivity index (χ3v) is 4.86. The highest BCUT2D eigenvalue weighted by atomic mass is 35.5. The van der Waals surface area contributed by atoms with Gasteiger partial charge in [0.15, 0.2) is 0 Å². The van der Waals surface area contributed by atoms with Gasteiger partial charge in [-0.1, -0.05) is 47.5 Å². The van der Waals surface area contributed by atoms with Gasteiger partial charge in [0, 0.05) is 22.3 Å². The van der Waals surface area contributed by atoms with Crippen molar-refractivity contribution in [3.63, 3.8) is 0 Å². The maximum atomic E-state index is 12.5. The fourth-order valence-electron chi connectivity index (χ4n) is 3.03. The lowest BCUT2D eigenvalue weighted by Gasteiger charge is -2.29. The minimum atomic E-state index is 0.115. The minimum absolute atomic E-state index is 0.115. The van der Waals surface area contributed by atoms with Gasteiger partial charge in [0.25, 0.3) is 0 Å². The quantitative estimate of drug-likeness (QED) is 0.811. The normalized spacial score (nSPS) is 13.7. The maximum absolute atomic E-state index is 12.5. The van der Waals surface area contributed by atoms with Gasteiger partial charge in [0.1, 0.15) is 0 Å². The number of benzene rings is 2. The lowest BCUT2D eigenvalue weighted by atomic mass is 10.0. The Labute approximate surface area is 152 Å². The molecule has 2 aromatic rings. The molecule has 1 N–H and O–H groups in total. The van der Waals surface area contributed by atoms with Crippen molar-refractivity contribution >= 4 is 34.8 Å². The van der Waals surface area contributed by atoms with Crippen molar-refractivity contribution in [1.82, 2.24) is 5.32 Å². The van der Waals surface area contributed by atoms with Crippen molar-refractivity contribution in [3.8, 4) is 0 Å². The predicted molar refractivity (Wildman–Crippen MR) is 100 cm³/mol. The molecule has 2 aromatic carbocycles. The summed E-state index contributed by atoms with van der Waals surface area (Å²) in [5.41, 5.74) is 3.34. The summed E-state index contributed by atoms with van der Waals surface area (Å²) in [7, 11) is 0. The van der Waals surface area contributed by atoms with Crippen molar-refractivity contribution in [3.05, 3.63) is 63.6 Å². The largest absolute Gasteiger partial charge is 0.311 e. The van der Waals surface area contributed by atoms with E-state index in [1.54, 1.807) is 6.07 Å². The molecule has 0 unspecified atom stereocenters. The number of hydrogen-bond donors (Lipinski definition) is 1. The van der Waals surface area contributed by atoms with Gasteiger partial charge in [0.2, 0.25) is 5.91 Å². The molecule has 1 aliphatic rings. The summed E-state index contributed by atoms with van der Waals surface area (Å²) in [5.74, 6) is 0.115. The zero-order valence-electron chi connectivity index (χ0n) is 13.4. The van der Waals surface area contributed by atoms with Gasteiger partial charge < -0.3 is 10.2 Å². The number of carbonyl (C=O) groups excluding carboxylic acids is 1. The smallest absolute Gasteiger partial charge is 0.240 e. The molecular formula is C19H20Cl2N2O. The average molecular weight is 363 g/mol. The number of rotatable bonds is 5. The fraction of sp³-hybridized carbons (Fsp3) is 0.316. The molecular weight excluding hydrogens is 343 g/mol. The molecule has 0 fully saturated rings. The Balaban J connectivity index is 1.51. The number of amides is 1. The van der Waals surface area contributed by atoms with Crippen LogP contribution in [0.4, 0.5) is 5.69 Å². The maximum Gasteiger partial charge on any atom is 0.240 e. The van der Waals surface area contributed by atoms with E-state index in [0.29, 0.717) is 23.1 Å². The number of para-hydroxylation sites is 1. The molecule has 3 rings (SSSR count). The van der Waals surface area contributed by atoms with E-state index in [-0.39, 0.29) is 5.91 Å². The Morgan fingerprint density at radius 2 is 2.00 bits per heavy atom. The van der Waals surface area contributed by atoms with Gasteiger partial charge in [-0.15, -0.1) is 0 Å². The molecule has 0 spiro atoms. The SMILES string of the molecule is O=C(CNCCc1ccc(Cl)cc1Cl)N1CCCc2ccccc21. The molecule has 0 aromatic heterocycles. The number of halogens is 2. The number of fused-ring (bicyclic) bond motifs is 1. The molecule has 1 aliphatic heterocycles. The second kappa shape index (κ2) is 8.02. The zero-order chi connectivity index (χ0) is 16.9. The molecule has 126 valence electrons. The van der Waals surface area contributed by atoms with Crippen LogP contribution in [0.3, 0.4) is 0 Å². The number of anilines is 1. The Morgan fingerprint density at radius 1 is 1.17 bits per heavy atom. The van der Waals surface area contributed by atoms with Crippen molar-refractivity contribution in [2.45, 2.75) is 19.3 Å². The van der Waals surface area contributed by atoms with E-state index >= 15 is 0 Å². The first-order valence-corrected chi connectivity index (χ1v) is 8.93. The zero-order valence-corrected chi connectivity index (χ0v) is 14.9. The van der Waals surface area contributed by atoms with Crippen molar-refractivity contribution in [2.75, 3.05) is 24.5 Å². The van der Waals surface area contributed by atoms with Crippen molar-refractivity contribution in [2.24, 2.45) is 0 Å². The topological polar surface area (TPSA) is 32.3 Å². The van der Waals surface area contributed by atoms with E-state index in [1.165, 1.54) is 5.56 Å². The Hall–Kier alpha value is -1.55. The lowest BCUT2D eigenvalue weighted by molar-refractivity contribution is -0.117. The molecule has 0 atom stereocenters. The highest BCUT2D eigenvalue weighted by Gasteiger charge is 2.21. The van der Waals surface area contributed by atoms with Gasteiger partial charge >= 0.3 is 0 Å². The molecule has 0 aliphatic carbocycles. The Kier molecular flexibility index (Phi) is 5.77. The molecule has 0 saturated heterocycles. The van der Waals surface area contributed by atoms with Crippen LogP contribution in [-0.2, 0) is 17.6 Å². The summed E-state index contributed by atoms with van der Waals surface area (Å²) < 4.78 is 0. The van der Waals surface area contributed by atoms with Gasteiger partial charge in [-0.3, -0.25) is 4.79 Å². The van der Waals surface area contributed by atoms with E-state index in [9.17, 15) is 4.79 Å². The molecule has 0 bridgehead atoms. The van der Waals surface area contributed by atoms with Crippen LogP contribution in [0.2, 0.25) is 10.0 Å². The van der Waals surface area contributed by atoms with Crippen LogP contribution < -0.4 is 10.2 Å². The van der Waals surface area contributed by atoms with E-state index in [2.05, 4.69) is 11.4 Å². The molecule has 24 heavy (non-hydrogen) atoms. The van der Waals surface area contributed by atoms with Crippen LogP contribution >= 0.6 is 23.2 Å². The second-order valence-electron chi connectivity index (χ2n) is 5.94. The van der Waals surface area contributed by atoms with E-state index in [4.69, 9.17) is 23.2 Å². The van der Waals surface area contributed by atoms with Crippen LogP contribution in [0.15, 0.2) is 42.5 Å². The second-order valence-corrected chi connectivity index (χ2v) is 6.78. The molecule has 0 saturated carbocycles. The third kappa shape index (κ3) is 4.10. The van der Waals surface area contributed by atoms with E-state index in [1.807, 2.05) is 35.2 Å². The molecule has 3 nitrogen and oxygen atoms in total. The van der Waals surface area contributed by atoms with Gasteiger partial charge in [0.05, 0.1) is 6.54 Å². The number of aryl methyl sites for hydroxylation is 1. The summed E-state index contributed by atoms with van der Waals surface area (Å²) in [6.07, 6.45) is 2.82. The molecule has 0 radical (unpaired) electrons. The summed E-state index contributed by atoms with van der Waals surface area (Å²) >= 11 is 12.1. The fourth-order valence-corrected chi connectivity index (χ4v) is 3.53. The first-order valence-electron chi connectivity index (χ1n) is 8.18. The first-order chi connectivity index (χ1) is 11.6. The molecule has 1 amide bonds. The lowest BCUT2D eigenvalue weighted by Crippen LogP contribution is -2.41. The Morgan fingerprint density at radius 3 is 2.83 bits per heavy atom. The van der Waals surface area contributed by atoms with Crippen LogP contribution in [0.25, 0.3) is 0 Å². The number of nitrogens with zero attached hydrogens (tertiary/aromatic N) is 1. The minimum Gasteiger partial charge on any atom is -0.311 e. The van der Waals surface area contributed by atoms with E-state index in [0.717, 1.165) is 37.1 Å². The standard InChI is InChI=1S/C19H20Cl2N2O/c20-16-8-7-14(17(21)12-16)9-10-22-13-19(24)23-11-3-5-15-4-1-2-6-18(15)23/h1-2,4,6-8,12,22H,3,5,9-11,13H2. The van der Waals surface area contributed by atoms with Crippen molar-refractivity contribution < 1.29 is 4.79 Å². The summed E-state index contributed by atoms with van der Waals surface area (Å²) in [5, 5.41) is 4.52. The number of nitrogens with one attached hydrogen (secondary N) is 1. The summed E-state index contributed by atoms with van der Waals surface area (Å²) in [6.45, 7) is 1.82. The molecule has 1 heterocycles. The third-order valence-electron chi connectivity index (χ3n) is 4.27. The van der Waals surface area contributed by atoms with Gasteiger partial charge in [-0.2, -0.15) is 0 Å². The first kappa shape index (κ1) is 17.3. The number of carbonyl (C=O) groups is 1. The van der Waals surface area contributed by atoms with Crippen molar-refractivity contribution in [1.29, 1.82) is 0 Å². The van der Waals surface area contributed by atoms with Gasteiger partial charge in [-0.05, 0) is 55.1 Å². The molecule has 5 heteroatoms. The average Bonchev–Trinajstić information content (AvgIpc) is 2.59. The highest BCUT2D eigenvalue weighted by molar-refractivity contribution is 6.35. The summed E-state index contributed by atoms with van der Waals surface area (Å²) in [4.78, 5) is 14.4.